The van der Waals surface area contributed by atoms with Crippen molar-refractivity contribution in [3.05, 3.63) is 0 Å². The number of piperidine rings is 1. The second kappa shape index (κ2) is 6.90. The van der Waals surface area contributed by atoms with E-state index in [1.807, 2.05) is 11.9 Å². The van der Waals surface area contributed by atoms with E-state index in [2.05, 4.69) is 18.9 Å². The van der Waals surface area contributed by atoms with Gasteiger partial charge in [-0.1, -0.05) is 6.92 Å². The summed E-state index contributed by atoms with van der Waals surface area (Å²) in [5, 5.41) is 0. The van der Waals surface area contributed by atoms with E-state index >= 15 is 0 Å². The number of likely N-dealkylation sites (tertiary alicyclic amines) is 1. The summed E-state index contributed by atoms with van der Waals surface area (Å²) in [6.45, 7) is 5.47. The molecule has 0 bridgehead atoms. The maximum atomic E-state index is 12.6. The zero-order chi connectivity index (χ0) is 14.7. The minimum atomic E-state index is 0.157. The van der Waals surface area contributed by atoms with E-state index in [4.69, 9.17) is 5.73 Å². The molecule has 0 aromatic heterocycles. The summed E-state index contributed by atoms with van der Waals surface area (Å²) >= 11 is 0. The molecule has 1 aliphatic carbocycles. The molecule has 3 unspecified atom stereocenters. The molecule has 1 saturated heterocycles. The molecular weight excluding hydrogens is 250 g/mol. The Labute approximate surface area is 123 Å². The van der Waals surface area contributed by atoms with Crippen molar-refractivity contribution in [3.8, 4) is 0 Å². The highest BCUT2D eigenvalue weighted by molar-refractivity contribution is 5.78. The van der Waals surface area contributed by atoms with Gasteiger partial charge in [-0.15, -0.1) is 0 Å². The average Bonchev–Trinajstić information content (AvgIpc) is 2.39. The topological polar surface area (TPSA) is 49.6 Å². The number of nitrogens with zero attached hydrogens (tertiary/aromatic N) is 2. The zero-order valence-electron chi connectivity index (χ0n) is 13.3. The molecule has 1 saturated carbocycles. The van der Waals surface area contributed by atoms with Gasteiger partial charge in [0.15, 0.2) is 0 Å². The van der Waals surface area contributed by atoms with Crippen molar-refractivity contribution in [2.45, 2.75) is 45.1 Å². The van der Waals surface area contributed by atoms with Crippen LogP contribution in [0.3, 0.4) is 0 Å². The van der Waals surface area contributed by atoms with Gasteiger partial charge in [0, 0.05) is 25.6 Å². The third-order valence-corrected chi connectivity index (χ3v) is 5.07. The van der Waals surface area contributed by atoms with Crippen LogP contribution in [0.5, 0.6) is 0 Å². The zero-order valence-corrected chi connectivity index (χ0v) is 13.3. The molecule has 4 nitrogen and oxygen atoms in total. The fraction of sp³-hybridized carbons (Fsp3) is 0.938. The van der Waals surface area contributed by atoms with Crippen LogP contribution in [0.4, 0.5) is 0 Å². The minimum absolute atomic E-state index is 0.157. The Morgan fingerprint density at radius 3 is 2.50 bits per heavy atom. The van der Waals surface area contributed by atoms with E-state index in [0.717, 1.165) is 38.9 Å². The van der Waals surface area contributed by atoms with E-state index in [-0.39, 0.29) is 12.0 Å². The fourth-order valence-electron chi connectivity index (χ4n) is 3.89. The smallest absolute Gasteiger partial charge is 0.225 e. The summed E-state index contributed by atoms with van der Waals surface area (Å²) in [4.78, 5) is 16.9. The Kier molecular flexibility index (Phi) is 5.44. The third kappa shape index (κ3) is 4.19. The summed E-state index contributed by atoms with van der Waals surface area (Å²) in [5.74, 6) is 1.75. The van der Waals surface area contributed by atoms with Gasteiger partial charge in [-0.3, -0.25) is 4.79 Å². The van der Waals surface area contributed by atoms with Crippen molar-refractivity contribution in [2.75, 3.05) is 33.7 Å². The molecule has 2 aliphatic rings. The van der Waals surface area contributed by atoms with E-state index in [1.54, 1.807) is 0 Å². The summed E-state index contributed by atoms with van der Waals surface area (Å²) in [7, 11) is 4.15. The summed E-state index contributed by atoms with van der Waals surface area (Å²) < 4.78 is 0. The van der Waals surface area contributed by atoms with Crippen LogP contribution in [0.2, 0.25) is 0 Å². The second-order valence-corrected chi connectivity index (χ2v) is 7.23. The van der Waals surface area contributed by atoms with Crippen LogP contribution in [0.25, 0.3) is 0 Å². The molecule has 1 heterocycles. The number of hydrogen-bond donors (Lipinski definition) is 1. The monoisotopic (exact) mass is 281 g/mol. The highest BCUT2D eigenvalue weighted by Gasteiger charge is 2.31. The first-order valence-electron chi connectivity index (χ1n) is 8.14. The molecule has 3 atom stereocenters. The highest BCUT2D eigenvalue weighted by Crippen LogP contribution is 2.29. The lowest BCUT2D eigenvalue weighted by molar-refractivity contribution is -0.136. The first-order chi connectivity index (χ1) is 9.45. The van der Waals surface area contributed by atoms with Crippen LogP contribution in [-0.4, -0.2) is 55.5 Å². The molecule has 0 aromatic carbocycles. The van der Waals surface area contributed by atoms with Gasteiger partial charge in [-0.2, -0.15) is 0 Å². The first kappa shape index (κ1) is 15.8. The van der Waals surface area contributed by atoms with Crippen molar-refractivity contribution >= 4 is 5.91 Å². The number of rotatable bonds is 3. The summed E-state index contributed by atoms with van der Waals surface area (Å²) in [6, 6.07) is 0.212. The first-order valence-corrected chi connectivity index (χ1v) is 8.14. The number of nitrogens with two attached hydrogens (primary N) is 1. The van der Waals surface area contributed by atoms with Crippen LogP contribution in [-0.2, 0) is 4.79 Å². The van der Waals surface area contributed by atoms with Crippen molar-refractivity contribution < 1.29 is 4.79 Å². The molecule has 0 aromatic rings. The second-order valence-electron chi connectivity index (χ2n) is 7.23. The van der Waals surface area contributed by atoms with E-state index in [1.165, 1.54) is 12.8 Å². The number of carbonyl (C=O) groups is 1. The van der Waals surface area contributed by atoms with Gasteiger partial charge in [0.2, 0.25) is 5.91 Å². The highest BCUT2D eigenvalue weighted by atomic mass is 16.2. The van der Waals surface area contributed by atoms with Crippen LogP contribution in [0, 0.1) is 17.8 Å². The quantitative estimate of drug-likeness (QED) is 0.854. The molecule has 1 aliphatic heterocycles. The molecule has 4 heteroatoms. The van der Waals surface area contributed by atoms with E-state index < -0.39 is 0 Å². The van der Waals surface area contributed by atoms with E-state index in [9.17, 15) is 4.79 Å². The lowest BCUT2D eigenvalue weighted by Gasteiger charge is -2.35. The third-order valence-electron chi connectivity index (χ3n) is 5.07. The van der Waals surface area contributed by atoms with Crippen molar-refractivity contribution in [3.63, 3.8) is 0 Å². The minimum Gasteiger partial charge on any atom is -0.345 e. The van der Waals surface area contributed by atoms with E-state index in [0.29, 0.717) is 17.7 Å². The molecule has 0 spiro atoms. The standard InChI is InChI=1S/C16H31N3O/c1-12-8-14(10-15(17)9-12)16(20)19(3)11-13-4-6-18(2)7-5-13/h12-15H,4-11,17H2,1-3H3. The van der Waals surface area contributed by atoms with Gasteiger partial charge in [-0.25, -0.2) is 0 Å². The Bertz CT molecular complexity index is 316. The Balaban J connectivity index is 1.82. The van der Waals surface area contributed by atoms with Gasteiger partial charge in [0.05, 0.1) is 0 Å². The van der Waals surface area contributed by atoms with Gasteiger partial charge in [-0.05, 0) is 64.1 Å². The summed E-state index contributed by atoms with van der Waals surface area (Å²) in [6.07, 6.45) is 5.40. The summed E-state index contributed by atoms with van der Waals surface area (Å²) in [5.41, 5.74) is 6.08. The van der Waals surface area contributed by atoms with Crippen molar-refractivity contribution in [2.24, 2.45) is 23.5 Å². The molecule has 116 valence electrons. The van der Waals surface area contributed by atoms with Crippen LogP contribution in [0.1, 0.15) is 39.0 Å². The predicted octanol–water partition coefficient (Wildman–Crippen LogP) is 1.55. The van der Waals surface area contributed by atoms with Gasteiger partial charge in [0.1, 0.15) is 0 Å². The Morgan fingerprint density at radius 2 is 1.90 bits per heavy atom. The molecule has 0 radical (unpaired) electrons. The lowest BCUT2D eigenvalue weighted by Crippen LogP contribution is -2.43. The molecule has 20 heavy (non-hydrogen) atoms. The van der Waals surface area contributed by atoms with Gasteiger partial charge >= 0.3 is 0 Å². The maximum absolute atomic E-state index is 12.6. The molecule has 1 amide bonds. The van der Waals surface area contributed by atoms with Crippen LogP contribution in [0.15, 0.2) is 0 Å². The lowest BCUT2D eigenvalue weighted by atomic mass is 9.79. The van der Waals surface area contributed by atoms with Crippen LogP contribution >= 0.6 is 0 Å². The number of hydrogen-bond acceptors (Lipinski definition) is 3. The normalized spacial score (nSPS) is 33.1. The van der Waals surface area contributed by atoms with Gasteiger partial charge in [0.25, 0.3) is 0 Å². The predicted molar refractivity (Wildman–Crippen MR) is 82.3 cm³/mol. The Hall–Kier alpha value is -0.610. The molecule has 2 N–H and O–H groups in total. The van der Waals surface area contributed by atoms with Gasteiger partial charge < -0.3 is 15.5 Å². The average molecular weight is 281 g/mol. The SMILES string of the molecule is CC1CC(N)CC(C(=O)N(C)CC2CCN(C)CC2)C1. The fourth-order valence-corrected chi connectivity index (χ4v) is 3.89. The Morgan fingerprint density at radius 1 is 1.25 bits per heavy atom. The van der Waals surface area contributed by atoms with Crippen LogP contribution < -0.4 is 5.73 Å². The molecule has 2 fully saturated rings. The largest absolute Gasteiger partial charge is 0.345 e. The van der Waals surface area contributed by atoms with Crippen molar-refractivity contribution in [1.29, 1.82) is 0 Å². The number of carbonyl (C=O) groups excluding carboxylic acids is 1. The van der Waals surface area contributed by atoms with Crippen molar-refractivity contribution in [1.82, 2.24) is 9.80 Å². The molecule has 2 rings (SSSR count). The maximum Gasteiger partial charge on any atom is 0.225 e. The molecular formula is C16H31N3O. The number of amides is 1.